The Hall–Kier alpha value is -2.62. The van der Waals surface area contributed by atoms with Crippen LogP contribution in [0.2, 0.25) is 0 Å². The van der Waals surface area contributed by atoms with Gasteiger partial charge in [0.2, 0.25) is 0 Å². The molecule has 1 amide bonds. The number of hydrogen-bond donors (Lipinski definition) is 2. The zero-order valence-corrected chi connectivity index (χ0v) is 12.3. The van der Waals surface area contributed by atoms with E-state index in [0.717, 1.165) is 22.9 Å². The molecule has 2 N–H and O–H groups in total. The van der Waals surface area contributed by atoms with E-state index in [1.54, 1.807) is 6.07 Å². The van der Waals surface area contributed by atoms with Gasteiger partial charge < -0.3 is 10.3 Å². The molecule has 0 aliphatic heterocycles. The second-order valence-corrected chi connectivity index (χ2v) is 5.31. The van der Waals surface area contributed by atoms with Crippen molar-refractivity contribution < 1.29 is 9.18 Å². The molecular weight excluding hydrogens is 279 g/mol. The number of aromatic nitrogens is 1. The van der Waals surface area contributed by atoms with Gasteiger partial charge in [-0.25, -0.2) is 4.39 Å². The molecule has 0 unspecified atom stereocenters. The van der Waals surface area contributed by atoms with Crippen LogP contribution in [0.15, 0.2) is 48.5 Å². The number of aromatic amines is 1. The van der Waals surface area contributed by atoms with Gasteiger partial charge in [0.25, 0.3) is 5.91 Å². The number of benzene rings is 2. The second-order valence-electron chi connectivity index (χ2n) is 5.31. The van der Waals surface area contributed by atoms with Gasteiger partial charge in [0.05, 0.1) is 0 Å². The van der Waals surface area contributed by atoms with Crippen molar-refractivity contribution in [2.45, 2.75) is 13.3 Å². The quantitative estimate of drug-likeness (QED) is 0.759. The predicted molar refractivity (Wildman–Crippen MR) is 85.5 cm³/mol. The summed E-state index contributed by atoms with van der Waals surface area (Å²) in [6.07, 6.45) is 0.778. The van der Waals surface area contributed by atoms with E-state index >= 15 is 0 Å². The molecule has 3 aromatic rings. The molecule has 0 aliphatic rings. The van der Waals surface area contributed by atoms with E-state index in [9.17, 15) is 9.18 Å². The molecule has 0 saturated heterocycles. The summed E-state index contributed by atoms with van der Waals surface area (Å²) in [7, 11) is 0. The van der Waals surface area contributed by atoms with Crippen LogP contribution in [0.25, 0.3) is 10.9 Å². The average Bonchev–Trinajstić information content (AvgIpc) is 2.85. The van der Waals surface area contributed by atoms with Crippen LogP contribution in [0, 0.1) is 12.7 Å². The molecule has 3 nitrogen and oxygen atoms in total. The minimum Gasteiger partial charge on any atom is -0.350 e. The topological polar surface area (TPSA) is 44.9 Å². The van der Waals surface area contributed by atoms with Crippen LogP contribution in [-0.2, 0) is 6.42 Å². The summed E-state index contributed by atoms with van der Waals surface area (Å²) in [5.74, 6) is -0.462. The second kappa shape index (κ2) is 6.02. The first-order valence-corrected chi connectivity index (χ1v) is 7.25. The minimum atomic E-state index is -0.300. The van der Waals surface area contributed by atoms with Gasteiger partial charge in [-0.2, -0.15) is 0 Å². The van der Waals surface area contributed by atoms with Gasteiger partial charge >= 0.3 is 0 Å². The number of amides is 1. The van der Waals surface area contributed by atoms with Gasteiger partial charge in [-0.05, 0) is 42.7 Å². The number of carbonyl (C=O) groups excluding carboxylic acids is 1. The fraction of sp³-hybridized carbons (Fsp3) is 0.167. The summed E-state index contributed by atoms with van der Waals surface area (Å²) in [6, 6.07) is 14.5. The van der Waals surface area contributed by atoms with Gasteiger partial charge in [-0.1, -0.05) is 30.3 Å². The normalized spacial score (nSPS) is 10.8. The molecule has 0 saturated carbocycles. The Bertz CT molecular complexity index is 809. The maximum Gasteiger partial charge on any atom is 0.268 e. The van der Waals surface area contributed by atoms with E-state index < -0.39 is 0 Å². The van der Waals surface area contributed by atoms with Crippen molar-refractivity contribution in [3.63, 3.8) is 0 Å². The molecule has 0 aliphatic carbocycles. The molecule has 22 heavy (non-hydrogen) atoms. The zero-order chi connectivity index (χ0) is 15.5. The van der Waals surface area contributed by atoms with Crippen LogP contribution >= 0.6 is 0 Å². The molecule has 0 radical (unpaired) electrons. The molecule has 112 valence electrons. The number of halogens is 1. The van der Waals surface area contributed by atoms with E-state index in [0.29, 0.717) is 12.2 Å². The van der Waals surface area contributed by atoms with Crippen LogP contribution in [0.1, 0.15) is 21.6 Å². The monoisotopic (exact) mass is 296 g/mol. The van der Waals surface area contributed by atoms with Crippen LogP contribution in [0.4, 0.5) is 4.39 Å². The van der Waals surface area contributed by atoms with E-state index in [1.165, 1.54) is 17.7 Å². The number of nitrogens with one attached hydrogen (secondary N) is 2. The summed E-state index contributed by atoms with van der Waals surface area (Å²) in [4.78, 5) is 15.3. The summed E-state index contributed by atoms with van der Waals surface area (Å²) in [6.45, 7) is 2.39. The molecule has 0 spiro atoms. The Morgan fingerprint density at radius 1 is 1.18 bits per heavy atom. The summed E-state index contributed by atoms with van der Waals surface area (Å²) in [5, 5.41) is 3.64. The Morgan fingerprint density at radius 2 is 1.95 bits per heavy atom. The Labute approximate surface area is 128 Å². The molecule has 1 heterocycles. The molecule has 4 heteroatoms. The highest BCUT2D eigenvalue weighted by atomic mass is 19.1. The highest BCUT2D eigenvalue weighted by Crippen LogP contribution is 2.22. The maximum absolute atomic E-state index is 13.3. The number of H-pyrrole nitrogens is 1. The van der Waals surface area contributed by atoms with Gasteiger partial charge in [0.15, 0.2) is 0 Å². The third kappa shape index (κ3) is 2.86. The van der Waals surface area contributed by atoms with Crippen molar-refractivity contribution in [2.75, 3.05) is 6.54 Å². The lowest BCUT2D eigenvalue weighted by Crippen LogP contribution is -2.26. The molecule has 0 bridgehead atoms. The van der Waals surface area contributed by atoms with Crippen molar-refractivity contribution in [1.82, 2.24) is 10.3 Å². The number of hydrogen-bond acceptors (Lipinski definition) is 1. The lowest BCUT2D eigenvalue weighted by atomic mass is 10.1. The zero-order valence-electron chi connectivity index (χ0n) is 12.3. The molecule has 0 fully saturated rings. The number of aryl methyl sites for hydroxylation is 1. The first-order chi connectivity index (χ1) is 10.6. The third-order valence-electron chi connectivity index (χ3n) is 3.79. The fourth-order valence-corrected chi connectivity index (χ4v) is 2.58. The predicted octanol–water partition coefficient (Wildman–Crippen LogP) is 3.59. The van der Waals surface area contributed by atoms with E-state index in [-0.39, 0.29) is 11.7 Å². The molecule has 0 atom stereocenters. The lowest BCUT2D eigenvalue weighted by molar-refractivity contribution is 0.0949. The van der Waals surface area contributed by atoms with Gasteiger partial charge in [-0.15, -0.1) is 0 Å². The highest BCUT2D eigenvalue weighted by Gasteiger charge is 2.14. The lowest BCUT2D eigenvalue weighted by Gasteiger charge is -2.05. The molecule has 1 aromatic heterocycles. The van der Waals surface area contributed by atoms with Crippen molar-refractivity contribution in [1.29, 1.82) is 0 Å². The standard InChI is InChI=1S/C18H17FN2O/c1-12-15-11-14(19)7-8-16(15)21-17(12)18(22)20-10-9-13-5-3-2-4-6-13/h2-8,11,21H,9-10H2,1H3,(H,20,22). The smallest absolute Gasteiger partial charge is 0.268 e. The summed E-state index contributed by atoms with van der Waals surface area (Å²) in [5.41, 5.74) is 3.21. The number of carbonyl (C=O) groups is 1. The number of rotatable bonds is 4. The van der Waals surface area contributed by atoms with Crippen molar-refractivity contribution >= 4 is 16.8 Å². The largest absolute Gasteiger partial charge is 0.350 e. The van der Waals surface area contributed by atoms with Crippen molar-refractivity contribution in [2.24, 2.45) is 0 Å². The van der Waals surface area contributed by atoms with Crippen LogP contribution in [0.5, 0.6) is 0 Å². The first-order valence-electron chi connectivity index (χ1n) is 7.25. The maximum atomic E-state index is 13.3. The molecular formula is C18H17FN2O. The van der Waals surface area contributed by atoms with Gasteiger partial charge in [0, 0.05) is 17.4 Å². The summed E-state index contributed by atoms with van der Waals surface area (Å²) < 4.78 is 13.3. The summed E-state index contributed by atoms with van der Waals surface area (Å²) >= 11 is 0. The molecule has 3 rings (SSSR count). The van der Waals surface area contributed by atoms with E-state index in [1.807, 2.05) is 37.3 Å². The van der Waals surface area contributed by atoms with Gasteiger partial charge in [-0.3, -0.25) is 4.79 Å². The van der Waals surface area contributed by atoms with Crippen molar-refractivity contribution in [3.05, 3.63) is 71.2 Å². The Morgan fingerprint density at radius 3 is 2.73 bits per heavy atom. The van der Waals surface area contributed by atoms with Crippen molar-refractivity contribution in [3.8, 4) is 0 Å². The van der Waals surface area contributed by atoms with Gasteiger partial charge in [0.1, 0.15) is 11.5 Å². The minimum absolute atomic E-state index is 0.162. The molecule has 2 aromatic carbocycles. The van der Waals surface area contributed by atoms with Crippen LogP contribution < -0.4 is 5.32 Å². The third-order valence-corrected chi connectivity index (χ3v) is 3.79. The highest BCUT2D eigenvalue weighted by molar-refractivity contribution is 6.00. The Balaban J connectivity index is 1.71. The Kier molecular flexibility index (Phi) is 3.92. The average molecular weight is 296 g/mol. The fourth-order valence-electron chi connectivity index (χ4n) is 2.58. The van der Waals surface area contributed by atoms with E-state index in [2.05, 4.69) is 10.3 Å². The van der Waals surface area contributed by atoms with Crippen LogP contribution in [0.3, 0.4) is 0 Å². The van der Waals surface area contributed by atoms with E-state index in [4.69, 9.17) is 0 Å². The number of fused-ring (bicyclic) bond motifs is 1. The SMILES string of the molecule is Cc1c(C(=O)NCCc2ccccc2)[nH]c2ccc(F)cc12. The first kappa shape index (κ1) is 14.3. The van der Waals surface area contributed by atoms with Crippen LogP contribution in [-0.4, -0.2) is 17.4 Å².